The van der Waals surface area contributed by atoms with E-state index in [9.17, 15) is 4.79 Å². The number of nitrogens with zero attached hydrogens (tertiary/aromatic N) is 1. The monoisotopic (exact) mass is 378 g/mol. The van der Waals surface area contributed by atoms with Crippen molar-refractivity contribution in [2.75, 3.05) is 6.79 Å². The maximum atomic E-state index is 12.9. The number of rotatable bonds is 6. The number of carbonyl (C=O) groups excluding carboxylic acids is 1. The highest BCUT2D eigenvalue weighted by Crippen LogP contribution is 2.33. The lowest BCUT2D eigenvalue weighted by atomic mass is 10.2. The van der Waals surface area contributed by atoms with Crippen molar-refractivity contribution in [2.45, 2.75) is 26.6 Å². The van der Waals surface area contributed by atoms with Crippen molar-refractivity contribution in [3.8, 4) is 11.5 Å². The number of nitrogens with one attached hydrogen (secondary N) is 1. The number of ether oxygens (including phenoxy) is 2. The lowest BCUT2D eigenvalue weighted by molar-refractivity contribution is 0.173. The van der Waals surface area contributed by atoms with E-state index in [1.165, 1.54) is 0 Å². The number of urea groups is 1. The molecule has 1 aliphatic heterocycles. The highest BCUT2D eigenvalue weighted by molar-refractivity contribution is 5.74. The zero-order valence-corrected chi connectivity index (χ0v) is 15.7. The molecular weight excluding hydrogens is 356 g/mol. The second-order valence-corrected chi connectivity index (χ2v) is 6.70. The van der Waals surface area contributed by atoms with E-state index in [-0.39, 0.29) is 12.8 Å². The molecule has 0 radical (unpaired) electrons. The fourth-order valence-electron chi connectivity index (χ4n) is 3.10. The molecule has 3 aromatic rings. The van der Waals surface area contributed by atoms with Crippen molar-refractivity contribution >= 4 is 6.03 Å². The van der Waals surface area contributed by atoms with E-state index in [4.69, 9.17) is 13.9 Å². The van der Waals surface area contributed by atoms with E-state index in [0.717, 1.165) is 28.4 Å². The van der Waals surface area contributed by atoms with Crippen molar-refractivity contribution in [3.05, 3.63) is 83.3 Å². The minimum Gasteiger partial charge on any atom is -0.464 e. The SMILES string of the molecule is Cc1ccc(CN(Cc2ccc3c(c2)OCO3)C(=O)NCc2ccccc2)o1. The number of furan rings is 1. The van der Waals surface area contributed by atoms with Crippen LogP contribution in [0.15, 0.2) is 65.1 Å². The first kappa shape index (κ1) is 18.0. The highest BCUT2D eigenvalue weighted by atomic mass is 16.7. The molecule has 0 spiro atoms. The van der Waals surface area contributed by atoms with Crippen molar-refractivity contribution in [1.82, 2.24) is 10.2 Å². The molecule has 0 saturated heterocycles. The molecule has 4 rings (SSSR count). The molecule has 28 heavy (non-hydrogen) atoms. The third-order valence-electron chi connectivity index (χ3n) is 4.53. The minimum absolute atomic E-state index is 0.157. The summed E-state index contributed by atoms with van der Waals surface area (Å²) in [6.07, 6.45) is 0. The predicted octanol–water partition coefficient (Wildman–Crippen LogP) is 4.23. The Kier molecular flexibility index (Phi) is 5.19. The lowest BCUT2D eigenvalue weighted by Crippen LogP contribution is -2.38. The summed E-state index contributed by atoms with van der Waals surface area (Å²) in [4.78, 5) is 14.6. The summed E-state index contributed by atoms with van der Waals surface area (Å²) in [6, 6.07) is 19.2. The van der Waals surface area contributed by atoms with E-state index < -0.39 is 0 Å². The van der Waals surface area contributed by atoms with Gasteiger partial charge in [-0.1, -0.05) is 36.4 Å². The molecule has 0 bridgehead atoms. The number of hydrogen-bond acceptors (Lipinski definition) is 4. The summed E-state index contributed by atoms with van der Waals surface area (Å²) < 4.78 is 16.5. The van der Waals surface area contributed by atoms with Crippen molar-refractivity contribution in [2.24, 2.45) is 0 Å². The molecule has 1 N–H and O–H groups in total. The summed E-state index contributed by atoms with van der Waals surface area (Å²) in [5.41, 5.74) is 2.01. The van der Waals surface area contributed by atoms with Gasteiger partial charge in [0.1, 0.15) is 11.5 Å². The fourth-order valence-corrected chi connectivity index (χ4v) is 3.10. The van der Waals surface area contributed by atoms with Gasteiger partial charge >= 0.3 is 6.03 Å². The number of hydrogen-bond donors (Lipinski definition) is 1. The third kappa shape index (κ3) is 4.28. The summed E-state index contributed by atoms with van der Waals surface area (Å²) >= 11 is 0. The molecule has 6 heteroatoms. The van der Waals surface area contributed by atoms with Crippen LogP contribution in [0.4, 0.5) is 4.79 Å². The Bertz CT molecular complexity index is 952. The van der Waals surface area contributed by atoms with Gasteiger partial charge in [0, 0.05) is 13.1 Å². The zero-order valence-electron chi connectivity index (χ0n) is 15.7. The first-order valence-corrected chi connectivity index (χ1v) is 9.18. The molecule has 0 aliphatic carbocycles. The zero-order chi connectivity index (χ0) is 19.3. The second-order valence-electron chi connectivity index (χ2n) is 6.70. The molecule has 2 heterocycles. The average molecular weight is 378 g/mol. The van der Waals surface area contributed by atoms with Crippen molar-refractivity contribution < 1.29 is 18.7 Å². The number of amides is 2. The molecule has 0 atom stereocenters. The smallest absolute Gasteiger partial charge is 0.318 e. The normalized spacial score (nSPS) is 12.0. The van der Waals surface area contributed by atoms with Gasteiger partial charge in [-0.15, -0.1) is 0 Å². The molecule has 1 aromatic heterocycles. The Hall–Kier alpha value is -3.41. The minimum atomic E-state index is -0.157. The Morgan fingerprint density at radius 2 is 1.79 bits per heavy atom. The van der Waals surface area contributed by atoms with Crippen LogP contribution in [-0.4, -0.2) is 17.7 Å². The van der Waals surface area contributed by atoms with Crippen LogP contribution in [0, 0.1) is 6.92 Å². The van der Waals surface area contributed by atoms with E-state index in [2.05, 4.69) is 5.32 Å². The van der Waals surface area contributed by atoms with Gasteiger partial charge in [-0.25, -0.2) is 4.79 Å². The number of aryl methyl sites for hydroxylation is 1. The van der Waals surface area contributed by atoms with E-state index in [0.29, 0.717) is 25.4 Å². The fraction of sp³-hybridized carbons (Fsp3) is 0.227. The molecule has 2 amide bonds. The quantitative estimate of drug-likeness (QED) is 0.697. The molecular formula is C22H22N2O4. The van der Waals surface area contributed by atoms with E-state index >= 15 is 0 Å². The second kappa shape index (κ2) is 8.08. The number of fused-ring (bicyclic) bond motifs is 1. The van der Waals surface area contributed by atoms with Crippen LogP contribution >= 0.6 is 0 Å². The average Bonchev–Trinajstić information content (AvgIpc) is 3.34. The summed E-state index contributed by atoms with van der Waals surface area (Å²) in [6.45, 7) is 3.39. The Morgan fingerprint density at radius 1 is 0.964 bits per heavy atom. The maximum Gasteiger partial charge on any atom is 0.318 e. The van der Waals surface area contributed by atoms with Crippen LogP contribution in [0.3, 0.4) is 0 Å². The summed E-state index contributed by atoms with van der Waals surface area (Å²) in [7, 11) is 0. The lowest BCUT2D eigenvalue weighted by Gasteiger charge is -2.22. The molecule has 6 nitrogen and oxygen atoms in total. The van der Waals surface area contributed by atoms with Gasteiger partial charge in [0.05, 0.1) is 6.54 Å². The standard InChI is InChI=1S/C22H22N2O4/c1-16-7-9-19(28-16)14-24(22(25)23-12-17-5-3-2-4-6-17)13-18-8-10-20-21(11-18)27-15-26-20/h2-11H,12-15H2,1H3,(H,23,25). The van der Waals surface area contributed by atoms with Crippen LogP contribution < -0.4 is 14.8 Å². The largest absolute Gasteiger partial charge is 0.464 e. The van der Waals surface area contributed by atoms with Crippen molar-refractivity contribution in [3.63, 3.8) is 0 Å². The summed E-state index contributed by atoms with van der Waals surface area (Å²) in [5, 5.41) is 2.99. The topological polar surface area (TPSA) is 63.9 Å². The van der Waals surface area contributed by atoms with Gasteiger partial charge in [-0.05, 0) is 42.3 Å². The van der Waals surface area contributed by atoms with Crippen LogP contribution in [0.5, 0.6) is 11.5 Å². The first-order valence-electron chi connectivity index (χ1n) is 9.18. The molecule has 0 saturated carbocycles. The van der Waals surface area contributed by atoms with Gasteiger partial charge in [0.15, 0.2) is 11.5 Å². The predicted molar refractivity (Wildman–Crippen MR) is 104 cm³/mol. The number of carbonyl (C=O) groups is 1. The molecule has 0 unspecified atom stereocenters. The molecule has 0 fully saturated rings. The van der Waals surface area contributed by atoms with Crippen LogP contribution in [0.2, 0.25) is 0 Å². The molecule has 2 aromatic carbocycles. The highest BCUT2D eigenvalue weighted by Gasteiger charge is 2.19. The Balaban J connectivity index is 1.48. The van der Waals surface area contributed by atoms with E-state index in [1.807, 2.05) is 67.6 Å². The van der Waals surface area contributed by atoms with Gasteiger partial charge < -0.3 is 24.1 Å². The number of benzene rings is 2. The van der Waals surface area contributed by atoms with E-state index in [1.54, 1.807) is 4.90 Å². The van der Waals surface area contributed by atoms with Crippen molar-refractivity contribution in [1.29, 1.82) is 0 Å². The maximum absolute atomic E-state index is 12.9. The third-order valence-corrected chi connectivity index (χ3v) is 4.53. The van der Waals surface area contributed by atoms with Gasteiger partial charge in [0.2, 0.25) is 6.79 Å². The van der Waals surface area contributed by atoms with Crippen LogP contribution in [0.1, 0.15) is 22.6 Å². The molecule has 144 valence electrons. The van der Waals surface area contributed by atoms with Crippen LogP contribution in [0.25, 0.3) is 0 Å². The summed E-state index contributed by atoms with van der Waals surface area (Å²) in [5.74, 6) is 3.00. The Labute approximate surface area is 163 Å². The van der Waals surface area contributed by atoms with Gasteiger partial charge in [-0.3, -0.25) is 0 Å². The van der Waals surface area contributed by atoms with Gasteiger partial charge in [-0.2, -0.15) is 0 Å². The Morgan fingerprint density at radius 3 is 2.57 bits per heavy atom. The van der Waals surface area contributed by atoms with Crippen LogP contribution in [-0.2, 0) is 19.6 Å². The first-order chi connectivity index (χ1) is 13.7. The molecule has 1 aliphatic rings. The van der Waals surface area contributed by atoms with Gasteiger partial charge in [0.25, 0.3) is 0 Å².